The molecule has 0 spiro atoms. The van der Waals surface area contributed by atoms with Crippen molar-refractivity contribution in [3.63, 3.8) is 0 Å². The Bertz CT molecular complexity index is 682. The molecular formula is C20H25NO3. The van der Waals surface area contributed by atoms with E-state index < -0.39 is 0 Å². The van der Waals surface area contributed by atoms with Gasteiger partial charge in [-0.15, -0.1) is 0 Å². The van der Waals surface area contributed by atoms with Gasteiger partial charge >= 0.3 is 0 Å². The molecular weight excluding hydrogens is 302 g/mol. The molecule has 2 aromatic rings. The van der Waals surface area contributed by atoms with Gasteiger partial charge in [0.2, 0.25) is 0 Å². The maximum absolute atomic E-state index is 12.6. The fourth-order valence-corrected chi connectivity index (χ4v) is 2.48. The Balaban J connectivity index is 2.08. The van der Waals surface area contributed by atoms with E-state index in [9.17, 15) is 4.79 Å². The van der Waals surface area contributed by atoms with Gasteiger partial charge in [-0.3, -0.25) is 4.79 Å². The second-order valence-electron chi connectivity index (χ2n) is 5.49. The summed E-state index contributed by atoms with van der Waals surface area (Å²) in [6.07, 6.45) is 0.873. The van der Waals surface area contributed by atoms with E-state index in [1.165, 1.54) is 0 Å². The van der Waals surface area contributed by atoms with Crippen molar-refractivity contribution >= 4 is 11.6 Å². The lowest BCUT2D eigenvalue weighted by Gasteiger charge is -2.13. The number of carbonyl (C=O) groups excluding carboxylic acids is 1. The molecule has 1 N–H and O–H groups in total. The first-order valence-corrected chi connectivity index (χ1v) is 8.36. The van der Waals surface area contributed by atoms with Gasteiger partial charge in [0, 0.05) is 17.9 Å². The predicted octanol–water partition coefficient (Wildman–Crippen LogP) is 4.23. The quantitative estimate of drug-likeness (QED) is 0.738. The van der Waals surface area contributed by atoms with Gasteiger partial charge in [0.15, 0.2) is 0 Å². The highest BCUT2D eigenvalue weighted by Gasteiger charge is 2.11. The minimum absolute atomic E-state index is 0.130. The van der Waals surface area contributed by atoms with Crippen LogP contribution in [0.25, 0.3) is 0 Å². The Morgan fingerprint density at radius 3 is 2.62 bits per heavy atom. The van der Waals surface area contributed by atoms with Gasteiger partial charge in [-0.05, 0) is 49.6 Å². The maximum atomic E-state index is 12.6. The SMILES string of the molecule is CCOCCOc1cccc(C(=O)Nc2c(C)cccc2CC)c1. The number of rotatable bonds is 8. The summed E-state index contributed by atoms with van der Waals surface area (Å²) in [5.74, 6) is 0.539. The molecule has 0 saturated heterocycles. The van der Waals surface area contributed by atoms with Crippen molar-refractivity contribution in [2.45, 2.75) is 27.2 Å². The molecule has 0 unspecified atom stereocenters. The van der Waals surface area contributed by atoms with Gasteiger partial charge in [0.05, 0.1) is 6.61 Å². The number of aryl methyl sites for hydroxylation is 2. The van der Waals surface area contributed by atoms with Crippen LogP contribution in [0.3, 0.4) is 0 Å². The van der Waals surface area contributed by atoms with Gasteiger partial charge in [0.1, 0.15) is 12.4 Å². The van der Waals surface area contributed by atoms with E-state index >= 15 is 0 Å². The predicted molar refractivity (Wildman–Crippen MR) is 96.9 cm³/mol. The zero-order chi connectivity index (χ0) is 17.4. The number of nitrogens with one attached hydrogen (secondary N) is 1. The second kappa shape index (κ2) is 9.08. The molecule has 4 nitrogen and oxygen atoms in total. The van der Waals surface area contributed by atoms with Gasteiger partial charge < -0.3 is 14.8 Å². The van der Waals surface area contributed by atoms with Crippen LogP contribution in [0.1, 0.15) is 35.3 Å². The monoisotopic (exact) mass is 327 g/mol. The van der Waals surface area contributed by atoms with Crippen LogP contribution in [0, 0.1) is 6.92 Å². The minimum atomic E-state index is -0.130. The van der Waals surface area contributed by atoms with Gasteiger partial charge in [-0.1, -0.05) is 31.2 Å². The van der Waals surface area contributed by atoms with Gasteiger partial charge in [-0.25, -0.2) is 0 Å². The minimum Gasteiger partial charge on any atom is -0.491 e. The van der Waals surface area contributed by atoms with Crippen LogP contribution in [0.15, 0.2) is 42.5 Å². The van der Waals surface area contributed by atoms with Crippen LogP contribution >= 0.6 is 0 Å². The molecule has 0 aromatic heterocycles. The summed E-state index contributed by atoms with van der Waals surface area (Å²) < 4.78 is 10.9. The summed E-state index contributed by atoms with van der Waals surface area (Å²) in [6.45, 7) is 7.70. The number of hydrogen-bond donors (Lipinski definition) is 1. The number of anilines is 1. The highest BCUT2D eigenvalue weighted by Crippen LogP contribution is 2.22. The van der Waals surface area contributed by atoms with E-state index in [1.807, 2.05) is 44.2 Å². The van der Waals surface area contributed by atoms with Crippen molar-refractivity contribution in [1.82, 2.24) is 0 Å². The number of hydrogen-bond acceptors (Lipinski definition) is 3. The van der Waals surface area contributed by atoms with E-state index in [0.29, 0.717) is 31.1 Å². The Morgan fingerprint density at radius 2 is 1.88 bits per heavy atom. The Labute approximate surface area is 143 Å². The molecule has 0 fully saturated rings. The van der Waals surface area contributed by atoms with Crippen molar-refractivity contribution in [3.05, 3.63) is 59.2 Å². The standard InChI is InChI=1S/C20H25NO3/c1-4-16-9-6-8-15(3)19(16)21-20(22)17-10-7-11-18(14-17)24-13-12-23-5-2/h6-11,14H,4-5,12-13H2,1-3H3,(H,21,22). The van der Waals surface area contributed by atoms with E-state index in [2.05, 4.69) is 12.2 Å². The zero-order valence-electron chi connectivity index (χ0n) is 14.6. The average Bonchev–Trinajstić information content (AvgIpc) is 2.60. The Kier molecular flexibility index (Phi) is 6.82. The number of benzene rings is 2. The first kappa shape index (κ1) is 18.0. The Hall–Kier alpha value is -2.33. The van der Waals surface area contributed by atoms with Crippen molar-refractivity contribution < 1.29 is 14.3 Å². The summed E-state index contributed by atoms with van der Waals surface area (Å²) in [6, 6.07) is 13.3. The lowest BCUT2D eigenvalue weighted by Crippen LogP contribution is -2.14. The van der Waals surface area contributed by atoms with Crippen LogP contribution in [0.2, 0.25) is 0 Å². The molecule has 24 heavy (non-hydrogen) atoms. The van der Waals surface area contributed by atoms with Crippen LogP contribution in [-0.4, -0.2) is 25.7 Å². The first-order chi connectivity index (χ1) is 11.7. The summed E-state index contributed by atoms with van der Waals surface area (Å²) in [5.41, 5.74) is 3.67. The third-order valence-corrected chi connectivity index (χ3v) is 3.78. The summed E-state index contributed by atoms with van der Waals surface area (Å²) in [4.78, 5) is 12.6. The molecule has 0 heterocycles. The average molecular weight is 327 g/mol. The topological polar surface area (TPSA) is 47.6 Å². The molecule has 0 saturated carbocycles. The molecule has 0 aliphatic carbocycles. The Morgan fingerprint density at radius 1 is 1.08 bits per heavy atom. The van der Waals surface area contributed by atoms with Crippen molar-refractivity contribution in [2.75, 3.05) is 25.1 Å². The highest BCUT2D eigenvalue weighted by atomic mass is 16.5. The van der Waals surface area contributed by atoms with Crippen LogP contribution in [0.4, 0.5) is 5.69 Å². The van der Waals surface area contributed by atoms with Crippen molar-refractivity contribution in [2.24, 2.45) is 0 Å². The number of amides is 1. The molecule has 2 aromatic carbocycles. The lowest BCUT2D eigenvalue weighted by molar-refractivity contribution is 0.102. The second-order valence-corrected chi connectivity index (χ2v) is 5.49. The van der Waals surface area contributed by atoms with E-state index in [0.717, 1.165) is 23.2 Å². The number of para-hydroxylation sites is 1. The van der Waals surface area contributed by atoms with Crippen molar-refractivity contribution in [3.8, 4) is 5.75 Å². The van der Waals surface area contributed by atoms with E-state index in [-0.39, 0.29) is 5.91 Å². The van der Waals surface area contributed by atoms with Gasteiger partial charge in [-0.2, -0.15) is 0 Å². The third-order valence-electron chi connectivity index (χ3n) is 3.78. The molecule has 128 valence electrons. The molecule has 0 aliphatic rings. The third kappa shape index (κ3) is 4.83. The zero-order valence-corrected chi connectivity index (χ0v) is 14.6. The summed E-state index contributed by atoms with van der Waals surface area (Å²) in [7, 11) is 0. The molecule has 4 heteroatoms. The molecule has 0 bridgehead atoms. The summed E-state index contributed by atoms with van der Waals surface area (Å²) >= 11 is 0. The number of ether oxygens (including phenoxy) is 2. The fourth-order valence-electron chi connectivity index (χ4n) is 2.48. The molecule has 0 atom stereocenters. The number of carbonyl (C=O) groups is 1. The lowest BCUT2D eigenvalue weighted by atomic mass is 10.1. The van der Waals surface area contributed by atoms with E-state index in [1.54, 1.807) is 12.1 Å². The van der Waals surface area contributed by atoms with E-state index in [4.69, 9.17) is 9.47 Å². The molecule has 2 rings (SSSR count). The highest BCUT2D eigenvalue weighted by molar-refractivity contribution is 6.05. The smallest absolute Gasteiger partial charge is 0.255 e. The maximum Gasteiger partial charge on any atom is 0.255 e. The summed E-state index contributed by atoms with van der Waals surface area (Å²) in [5, 5.41) is 3.03. The van der Waals surface area contributed by atoms with Crippen LogP contribution in [0.5, 0.6) is 5.75 Å². The molecule has 0 aliphatic heterocycles. The largest absolute Gasteiger partial charge is 0.491 e. The van der Waals surface area contributed by atoms with Crippen molar-refractivity contribution in [1.29, 1.82) is 0 Å². The normalized spacial score (nSPS) is 10.5. The molecule has 1 amide bonds. The van der Waals surface area contributed by atoms with Crippen LogP contribution in [-0.2, 0) is 11.2 Å². The first-order valence-electron chi connectivity index (χ1n) is 8.36. The molecule has 0 radical (unpaired) electrons. The fraction of sp³-hybridized carbons (Fsp3) is 0.350. The van der Waals surface area contributed by atoms with Gasteiger partial charge in [0.25, 0.3) is 5.91 Å². The van der Waals surface area contributed by atoms with Crippen LogP contribution < -0.4 is 10.1 Å².